The van der Waals surface area contributed by atoms with Crippen molar-refractivity contribution in [2.45, 2.75) is 26.2 Å². The normalized spacial score (nSPS) is 10.2. The number of ether oxygens (including phenoxy) is 1. The molecule has 0 bridgehead atoms. The van der Waals surface area contributed by atoms with Crippen molar-refractivity contribution in [1.29, 1.82) is 0 Å². The molecule has 90 valence electrons. The number of carbonyl (C=O) groups excluding carboxylic acids is 1. The first kappa shape index (κ1) is 12.5. The van der Waals surface area contributed by atoms with Crippen molar-refractivity contribution in [3.05, 3.63) is 11.9 Å². The lowest BCUT2D eigenvalue weighted by Gasteiger charge is -2.04. The largest absolute Gasteiger partial charge is 0.464 e. The monoisotopic (exact) mass is 225 g/mol. The first-order chi connectivity index (χ1) is 7.69. The smallest absolute Gasteiger partial charge is 0.360 e. The zero-order valence-electron chi connectivity index (χ0n) is 10.1. The summed E-state index contributed by atoms with van der Waals surface area (Å²) in [6.45, 7) is 3.01. The number of esters is 1. The van der Waals surface area contributed by atoms with Crippen LogP contribution in [0.15, 0.2) is 6.20 Å². The number of aromatic nitrogens is 2. The van der Waals surface area contributed by atoms with E-state index in [-0.39, 0.29) is 0 Å². The molecule has 16 heavy (non-hydrogen) atoms. The third kappa shape index (κ3) is 3.25. The second-order valence-electron chi connectivity index (χ2n) is 3.69. The van der Waals surface area contributed by atoms with E-state index in [2.05, 4.69) is 22.1 Å². The van der Waals surface area contributed by atoms with E-state index in [0.29, 0.717) is 5.69 Å². The van der Waals surface area contributed by atoms with Crippen LogP contribution in [0.2, 0.25) is 0 Å². The van der Waals surface area contributed by atoms with Crippen molar-refractivity contribution in [2.75, 3.05) is 19.0 Å². The number of nitrogens with one attached hydrogen (secondary N) is 1. The highest BCUT2D eigenvalue weighted by Crippen LogP contribution is 2.14. The van der Waals surface area contributed by atoms with Gasteiger partial charge < -0.3 is 10.1 Å². The molecule has 0 saturated heterocycles. The molecule has 0 aliphatic carbocycles. The van der Waals surface area contributed by atoms with Crippen LogP contribution in [0.3, 0.4) is 0 Å². The van der Waals surface area contributed by atoms with Gasteiger partial charge in [0.05, 0.1) is 12.8 Å². The minimum absolute atomic E-state index is 0.349. The van der Waals surface area contributed by atoms with Crippen LogP contribution < -0.4 is 5.32 Å². The van der Waals surface area contributed by atoms with E-state index in [0.717, 1.165) is 18.7 Å². The number of nitrogens with zero attached hydrogens (tertiary/aromatic N) is 2. The third-order valence-corrected chi connectivity index (χ3v) is 2.30. The molecule has 5 heteroatoms. The second kappa shape index (κ2) is 6.15. The van der Waals surface area contributed by atoms with Gasteiger partial charge in [0.2, 0.25) is 0 Å². The highest BCUT2D eigenvalue weighted by Gasteiger charge is 2.15. The van der Waals surface area contributed by atoms with Gasteiger partial charge in [-0.05, 0) is 6.42 Å². The Bertz CT molecular complexity index is 347. The summed E-state index contributed by atoms with van der Waals surface area (Å²) in [5.41, 5.74) is 1.09. The third-order valence-electron chi connectivity index (χ3n) is 2.30. The standard InChI is InChI=1S/C11H19N3O2/c1-4-5-6-7-12-9-8-14(2)13-10(9)11(15)16-3/h8,12H,4-7H2,1-3H3. The fourth-order valence-corrected chi connectivity index (χ4v) is 1.46. The Kier molecular flexibility index (Phi) is 4.82. The highest BCUT2D eigenvalue weighted by atomic mass is 16.5. The maximum Gasteiger partial charge on any atom is 0.360 e. The molecular formula is C11H19N3O2. The van der Waals surface area contributed by atoms with Crippen LogP contribution in [0, 0.1) is 0 Å². The van der Waals surface area contributed by atoms with Crippen molar-refractivity contribution in [1.82, 2.24) is 9.78 Å². The molecule has 1 aromatic heterocycles. The summed E-state index contributed by atoms with van der Waals surface area (Å²) in [6, 6.07) is 0. The Labute approximate surface area is 95.8 Å². The van der Waals surface area contributed by atoms with Crippen LogP contribution in [-0.4, -0.2) is 29.4 Å². The van der Waals surface area contributed by atoms with E-state index in [1.165, 1.54) is 20.0 Å². The molecule has 5 nitrogen and oxygen atoms in total. The van der Waals surface area contributed by atoms with Gasteiger partial charge in [0.15, 0.2) is 5.69 Å². The minimum Gasteiger partial charge on any atom is -0.464 e. The van der Waals surface area contributed by atoms with Gasteiger partial charge in [-0.15, -0.1) is 0 Å². The van der Waals surface area contributed by atoms with Gasteiger partial charge in [0.1, 0.15) is 0 Å². The van der Waals surface area contributed by atoms with Crippen molar-refractivity contribution >= 4 is 11.7 Å². The van der Waals surface area contributed by atoms with E-state index in [1.807, 2.05) is 0 Å². The molecule has 0 saturated carbocycles. The first-order valence-electron chi connectivity index (χ1n) is 5.54. The average molecular weight is 225 g/mol. The topological polar surface area (TPSA) is 56.2 Å². The number of carbonyl (C=O) groups is 1. The van der Waals surface area contributed by atoms with Crippen molar-refractivity contribution in [2.24, 2.45) is 7.05 Å². The molecule has 1 heterocycles. The minimum atomic E-state index is -0.404. The lowest BCUT2D eigenvalue weighted by Crippen LogP contribution is -2.08. The predicted octanol–water partition coefficient (Wildman–Crippen LogP) is 1.81. The van der Waals surface area contributed by atoms with E-state index < -0.39 is 5.97 Å². The number of aryl methyl sites for hydroxylation is 1. The molecular weight excluding hydrogens is 206 g/mol. The van der Waals surface area contributed by atoms with Crippen LogP contribution in [0.4, 0.5) is 5.69 Å². The first-order valence-corrected chi connectivity index (χ1v) is 5.54. The zero-order chi connectivity index (χ0) is 12.0. The van der Waals surface area contributed by atoms with E-state index in [1.54, 1.807) is 17.9 Å². The van der Waals surface area contributed by atoms with Gasteiger partial charge in [-0.3, -0.25) is 4.68 Å². The molecule has 0 spiro atoms. The molecule has 0 fully saturated rings. The van der Waals surface area contributed by atoms with Gasteiger partial charge in [0, 0.05) is 19.8 Å². The number of hydrogen-bond donors (Lipinski definition) is 1. The van der Waals surface area contributed by atoms with Gasteiger partial charge in [-0.25, -0.2) is 4.79 Å². The van der Waals surface area contributed by atoms with E-state index >= 15 is 0 Å². The Morgan fingerprint density at radius 2 is 2.31 bits per heavy atom. The maximum absolute atomic E-state index is 11.4. The average Bonchev–Trinajstić information content (AvgIpc) is 2.65. The summed E-state index contributed by atoms with van der Waals surface area (Å²) >= 11 is 0. The molecule has 0 radical (unpaired) electrons. The van der Waals surface area contributed by atoms with Crippen LogP contribution in [-0.2, 0) is 11.8 Å². The molecule has 0 amide bonds. The summed E-state index contributed by atoms with van der Waals surface area (Å²) in [5, 5.41) is 7.26. The molecule has 0 aliphatic heterocycles. The van der Waals surface area contributed by atoms with Gasteiger partial charge in [-0.1, -0.05) is 19.8 Å². The zero-order valence-corrected chi connectivity index (χ0v) is 10.1. The Morgan fingerprint density at radius 1 is 1.56 bits per heavy atom. The summed E-state index contributed by atoms with van der Waals surface area (Å²) in [4.78, 5) is 11.4. The lowest BCUT2D eigenvalue weighted by molar-refractivity contribution is 0.0594. The number of methoxy groups -OCH3 is 1. The summed E-state index contributed by atoms with van der Waals surface area (Å²) in [6.07, 6.45) is 5.24. The van der Waals surface area contributed by atoms with Crippen molar-refractivity contribution in [3.8, 4) is 0 Å². The van der Waals surface area contributed by atoms with Crippen LogP contribution >= 0.6 is 0 Å². The fraction of sp³-hybridized carbons (Fsp3) is 0.636. The van der Waals surface area contributed by atoms with E-state index in [9.17, 15) is 4.79 Å². The molecule has 0 unspecified atom stereocenters. The van der Waals surface area contributed by atoms with Gasteiger partial charge >= 0.3 is 5.97 Å². The molecule has 1 rings (SSSR count). The predicted molar refractivity (Wildman–Crippen MR) is 62.6 cm³/mol. The number of rotatable bonds is 6. The van der Waals surface area contributed by atoms with Gasteiger partial charge in [0.25, 0.3) is 0 Å². The molecule has 0 atom stereocenters. The SMILES string of the molecule is CCCCCNc1cn(C)nc1C(=O)OC. The van der Waals surface area contributed by atoms with Crippen molar-refractivity contribution in [3.63, 3.8) is 0 Å². The van der Waals surface area contributed by atoms with Crippen molar-refractivity contribution < 1.29 is 9.53 Å². The van der Waals surface area contributed by atoms with Crippen LogP contribution in [0.1, 0.15) is 36.7 Å². The van der Waals surface area contributed by atoms with E-state index in [4.69, 9.17) is 0 Å². The molecule has 0 aromatic carbocycles. The molecule has 1 N–H and O–H groups in total. The summed E-state index contributed by atoms with van der Waals surface area (Å²) in [7, 11) is 3.14. The van der Waals surface area contributed by atoms with Crippen LogP contribution in [0.25, 0.3) is 0 Å². The molecule has 0 aliphatic rings. The maximum atomic E-state index is 11.4. The summed E-state index contributed by atoms with van der Waals surface area (Å²) in [5.74, 6) is -0.404. The number of anilines is 1. The van der Waals surface area contributed by atoms with Gasteiger partial charge in [-0.2, -0.15) is 5.10 Å². The van der Waals surface area contributed by atoms with Crippen LogP contribution in [0.5, 0.6) is 0 Å². The number of unbranched alkanes of at least 4 members (excludes halogenated alkanes) is 2. The quantitative estimate of drug-likeness (QED) is 0.592. The molecule has 1 aromatic rings. The Hall–Kier alpha value is -1.52. The fourth-order valence-electron chi connectivity index (χ4n) is 1.46. The second-order valence-corrected chi connectivity index (χ2v) is 3.69. The lowest BCUT2D eigenvalue weighted by atomic mass is 10.2. The highest BCUT2D eigenvalue weighted by molar-refractivity contribution is 5.93. The summed E-state index contributed by atoms with van der Waals surface area (Å²) < 4.78 is 6.27. The Morgan fingerprint density at radius 3 is 2.94 bits per heavy atom. The Balaban J connectivity index is 2.60. The number of hydrogen-bond acceptors (Lipinski definition) is 4.